The maximum atomic E-state index is 12.2. The van der Waals surface area contributed by atoms with Crippen LogP contribution < -0.4 is 20.5 Å². The van der Waals surface area contributed by atoms with Gasteiger partial charge in [0.15, 0.2) is 18.1 Å². The maximum Gasteiger partial charge on any atom is 0.255 e. The highest BCUT2D eigenvalue weighted by atomic mass is 16.5. The van der Waals surface area contributed by atoms with Crippen LogP contribution in [0.5, 0.6) is 11.5 Å². The fourth-order valence-electron chi connectivity index (χ4n) is 2.59. The summed E-state index contributed by atoms with van der Waals surface area (Å²) in [5.41, 5.74) is 4.74. The molecule has 0 radical (unpaired) electrons. The third kappa shape index (κ3) is 6.76. The molecule has 0 spiro atoms. The van der Waals surface area contributed by atoms with E-state index in [1.807, 2.05) is 13.8 Å². The third-order valence-electron chi connectivity index (χ3n) is 3.71. The highest BCUT2D eigenvalue weighted by Crippen LogP contribution is 2.28. The number of hydrogen-bond donors (Lipinski definition) is 3. The van der Waals surface area contributed by atoms with Gasteiger partial charge in [-0.3, -0.25) is 9.59 Å². The number of amides is 2. The van der Waals surface area contributed by atoms with E-state index in [1.165, 1.54) is 13.2 Å². The molecule has 0 saturated heterocycles. The number of rotatable bonds is 9. The highest BCUT2D eigenvalue weighted by Gasteiger charge is 2.30. The number of carbonyl (C=O) groups is 2. The molecular weight excluding hydrogens is 336 g/mol. The van der Waals surface area contributed by atoms with Gasteiger partial charge in [0, 0.05) is 6.08 Å². The van der Waals surface area contributed by atoms with Crippen LogP contribution in [0.15, 0.2) is 24.3 Å². The van der Waals surface area contributed by atoms with Gasteiger partial charge in [0.05, 0.1) is 18.8 Å². The van der Waals surface area contributed by atoms with Crippen LogP contribution in [-0.2, 0) is 9.59 Å². The Morgan fingerprint density at radius 1 is 1.31 bits per heavy atom. The summed E-state index contributed by atoms with van der Waals surface area (Å²) < 4.78 is 10.5. The van der Waals surface area contributed by atoms with Gasteiger partial charge in [-0.05, 0) is 43.5 Å². The molecule has 144 valence electrons. The predicted molar refractivity (Wildman–Crippen MR) is 99.8 cm³/mol. The number of ether oxygens (including phenoxy) is 2. The quantitative estimate of drug-likeness (QED) is 0.575. The molecule has 1 rings (SSSR count). The lowest BCUT2D eigenvalue weighted by molar-refractivity contribution is -0.120. The monoisotopic (exact) mass is 364 g/mol. The molecule has 0 fully saturated rings. The number of nitrogens with one attached hydrogen (secondary N) is 1. The average Bonchev–Trinajstić information content (AvgIpc) is 2.54. The lowest BCUT2D eigenvalue weighted by Gasteiger charge is -2.32. The lowest BCUT2D eigenvalue weighted by Crippen LogP contribution is -2.51. The van der Waals surface area contributed by atoms with Crippen molar-refractivity contribution in [2.24, 2.45) is 11.7 Å². The molecule has 7 nitrogen and oxygen atoms in total. The molecule has 7 heteroatoms. The van der Waals surface area contributed by atoms with Crippen molar-refractivity contribution < 1.29 is 24.2 Å². The van der Waals surface area contributed by atoms with Gasteiger partial charge in [0.25, 0.3) is 5.91 Å². The van der Waals surface area contributed by atoms with E-state index >= 15 is 0 Å². The minimum absolute atomic E-state index is 0.0779. The van der Waals surface area contributed by atoms with Crippen molar-refractivity contribution in [2.75, 3.05) is 13.7 Å². The molecule has 0 unspecified atom stereocenters. The molecule has 0 heterocycles. The van der Waals surface area contributed by atoms with Gasteiger partial charge in [-0.15, -0.1) is 0 Å². The van der Waals surface area contributed by atoms with Gasteiger partial charge in [-0.1, -0.05) is 19.9 Å². The van der Waals surface area contributed by atoms with E-state index in [2.05, 4.69) is 5.32 Å². The highest BCUT2D eigenvalue weighted by molar-refractivity contribution is 5.92. The van der Waals surface area contributed by atoms with Gasteiger partial charge in [0.1, 0.15) is 0 Å². The summed E-state index contributed by atoms with van der Waals surface area (Å²) in [5, 5.41) is 13.0. The second-order valence-electron chi connectivity index (χ2n) is 6.88. The molecule has 1 atom stereocenters. The van der Waals surface area contributed by atoms with Crippen molar-refractivity contribution in [1.82, 2.24) is 5.32 Å². The first-order valence-corrected chi connectivity index (χ1v) is 8.34. The summed E-state index contributed by atoms with van der Waals surface area (Å²) >= 11 is 0. The summed E-state index contributed by atoms with van der Waals surface area (Å²) in [6.45, 7) is 6.95. The van der Waals surface area contributed by atoms with Crippen LogP contribution in [0.25, 0.3) is 6.08 Å². The Balaban J connectivity index is 2.84. The van der Waals surface area contributed by atoms with Gasteiger partial charge in [-0.25, -0.2) is 0 Å². The molecule has 1 aromatic rings. The first-order chi connectivity index (χ1) is 12.0. The molecule has 26 heavy (non-hydrogen) atoms. The third-order valence-corrected chi connectivity index (χ3v) is 3.71. The molecule has 0 aliphatic carbocycles. The first-order valence-electron chi connectivity index (χ1n) is 8.34. The summed E-state index contributed by atoms with van der Waals surface area (Å²) in [4.78, 5) is 23.0. The van der Waals surface area contributed by atoms with E-state index in [0.717, 1.165) is 0 Å². The van der Waals surface area contributed by atoms with Crippen LogP contribution in [-0.4, -0.2) is 42.3 Å². The molecule has 2 amide bonds. The summed E-state index contributed by atoms with van der Waals surface area (Å²) in [6, 6.07) is 4.65. The zero-order chi connectivity index (χ0) is 19.9. The van der Waals surface area contributed by atoms with Crippen molar-refractivity contribution >= 4 is 17.9 Å². The standard InChI is InChI=1S/C19H28N2O5/c1-12(2)18(19(3,4)24)21-17(23)9-7-13-6-8-14(15(10-13)25-5)26-11-16(20)22/h6-10,12,18,24H,11H2,1-5H3,(H2,20,22)(H,21,23)/b9-7+/t18-/m0/s1. The van der Waals surface area contributed by atoms with Gasteiger partial charge >= 0.3 is 0 Å². The van der Waals surface area contributed by atoms with Crippen LogP contribution in [0.2, 0.25) is 0 Å². The largest absolute Gasteiger partial charge is 0.493 e. The Bertz CT molecular complexity index is 662. The first kappa shape index (κ1) is 21.5. The smallest absolute Gasteiger partial charge is 0.255 e. The SMILES string of the molecule is COc1cc(/C=C/C(=O)N[C@@H](C(C)C)C(C)(C)O)ccc1OCC(N)=O. The Kier molecular flexibility index (Phi) is 7.64. The molecule has 0 saturated carbocycles. The topological polar surface area (TPSA) is 111 Å². The van der Waals surface area contributed by atoms with Crippen LogP contribution in [0.1, 0.15) is 33.3 Å². The normalized spacial score (nSPS) is 12.9. The lowest BCUT2D eigenvalue weighted by atomic mass is 9.89. The zero-order valence-electron chi connectivity index (χ0n) is 15.9. The Morgan fingerprint density at radius 2 is 1.96 bits per heavy atom. The minimum atomic E-state index is -1.03. The fraction of sp³-hybridized carbons (Fsp3) is 0.474. The van der Waals surface area contributed by atoms with Crippen LogP contribution in [0, 0.1) is 5.92 Å². The Labute approximate surface area is 154 Å². The Morgan fingerprint density at radius 3 is 2.46 bits per heavy atom. The van der Waals surface area contributed by atoms with Gasteiger partial charge in [-0.2, -0.15) is 0 Å². The van der Waals surface area contributed by atoms with E-state index in [1.54, 1.807) is 38.1 Å². The molecule has 0 aliphatic rings. The molecule has 0 aliphatic heterocycles. The van der Waals surface area contributed by atoms with E-state index < -0.39 is 11.5 Å². The second kappa shape index (κ2) is 9.24. The van der Waals surface area contributed by atoms with E-state index in [0.29, 0.717) is 17.1 Å². The van der Waals surface area contributed by atoms with Crippen molar-refractivity contribution in [3.8, 4) is 11.5 Å². The average molecular weight is 364 g/mol. The number of aliphatic hydroxyl groups is 1. The van der Waals surface area contributed by atoms with E-state index in [4.69, 9.17) is 15.2 Å². The van der Waals surface area contributed by atoms with Crippen LogP contribution >= 0.6 is 0 Å². The molecule has 4 N–H and O–H groups in total. The molecular formula is C19H28N2O5. The summed E-state index contributed by atoms with van der Waals surface area (Å²) in [7, 11) is 1.48. The zero-order valence-corrected chi connectivity index (χ0v) is 15.9. The molecule has 0 bridgehead atoms. The van der Waals surface area contributed by atoms with Gasteiger partial charge in [0.2, 0.25) is 5.91 Å². The Hall–Kier alpha value is -2.54. The minimum Gasteiger partial charge on any atom is -0.493 e. The van der Waals surface area contributed by atoms with Crippen molar-refractivity contribution in [3.05, 3.63) is 29.8 Å². The number of hydrogen-bond acceptors (Lipinski definition) is 5. The van der Waals surface area contributed by atoms with Crippen molar-refractivity contribution in [1.29, 1.82) is 0 Å². The van der Waals surface area contributed by atoms with Crippen molar-refractivity contribution in [3.63, 3.8) is 0 Å². The molecule has 0 aromatic heterocycles. The van der Waals surface area contributed by atoms with Crippen molar-refractivity contribution in [2.45, 2.75) is 39.3 Å². The number of benzene rings is 1. The van der Waals surface area contributed by atoms with Crippen LogP contribution in [0.4, 0.5) is 0 Å². The van der Waals surface area contributed by atoms with Gasteiger partial charge < -0.3 is 25.6 Å². The summed E-state index contributed by atoms with van der Waals surface area (Å²) in [6.07, 6.45) is 3.01. The predicted octanol–water partition coefficient (Wildman–Crippen LogP) is 1.48. The molecule has 1 aromatic carbocycles. The number of carbonyl (C=O) groups excluding carboxylic acids is 2. The second-order valence-corrected chi connectivity index (χ2v) is 6.88. The van der Waals surface area contributed by atoms with E-state index in [9.17, 15) is 14.7 Å². The van der Waals surface area contributed by atoms with E-state index in [-0.39, 0.29) is 24.5 Å². The number of methoxy groups -OCH3 is 1. The number of primary amides is 1. The summed E-state index contributed by atoms with van der Waals surface area (Å²) in [5.74, 6) is -0.00708. The van der Waals surface area contributed by atoms with Crippen LogP contribution in [0.3, 0.4) is 0 Å². The maximum absolute atomic E-state index is 12.2. The number of nitrogens with two attached hydrogens (primary N) is 1. The fourth-order valence-corrected chi connectivity index (χ4v) is 2.59.